The van der Waals surface area contributed by atoms with Gasteiger partial charge < -0.3 is 14.4 Å². The molecule has 1 aromatic heterocycles. The molecule has 2 aliphatic rings. The van der Waals surface area contributed by atoms with E-state index in [1.54, 1.807) is 11.9 Å². The maximum atomic E-state index is 12.6. The smallest absolute Gasteiger partial charge is 0.410 e. The summed E-state index contributed by atoms with van der Waals surface area (Å²) < 4.78 is 13.5. The van der Waals surface area contributed by atoms with Crippen molar-refractivity contribution in [1.29, 1.82) is 0 Å². The van der Waals surface area contributed by atoms with Gasteiger partial charge >= 0.3 is 6.09 Å². The monoisotopic (exact) mass is 451 g/mol. The molecule has 0 radical (unpaired) electrons. The van der Waals surface area contributed by atoms with Crippen molar-refractivity contribution in [3.63, 3.8) is 0 Å². The van der Waals surface area contributed by atoms with Crippen LogP contribution in [0.4, 0.5) is 4.79 Å². The Morgan fingerprint density at radius 3 is 2.48 bits per heavy atom. The third-order valence-corrected chi connectivity index (χ3v) is 6.23. The number of aryl methyl sites for hydroxylation is 1. The largest absolute Gasteiger partial charge is 0.444 e. The van der Waals surface area contributed by atoms with Crippen molar-refractivity contribution in [2.75, 3.05) is 19.7 Å². The standard InChI is InChI=1S/C26H33N3O4/c1-25(2,3)33-24(31)29-16-12-19(13-17-29)18-32-26(14-8-5-9-15-26)22-20-10-6-7-11-21(20)23(30)28(4)27-22/h5-11,14,19H,12-13,15-18H2,1-4H3. The fraction of sp³-hybridized carbons (Fsp3) is 0.500. The molecule has 1 aromatic carbocycles. The van der Waals surface area contributed by atoms with Crippen LogP contribution in [0.15, 0.2) is 53.4 Å². The molecule has 176 valence electrons. The van der Waals surface area contributed by atoms with E-state index in [4.69, 9.17) is 9.47 Å². The summed E-state index contributed by atoms with van der Waals surface area (Å²) in [5, 5.41) is 6.11. The first-order chi connectivity index (χ1) is 15.7. The molecule has 1 fully saturated rings. The Hall–Kier alpha value is -2.93. The first-order valence-corrected chi connectivity index (χ1v) is 11.6. The number of benzene rings is 1. The van der Waals surface area contributed by atoms with Crippen molar-refractivity contribution in [3.8, 4) is 0 Å². The van der Waals surface area contributed by atoms with Gasteiger partial charge in [0.2, 0.25) is 0 Å². The zero-order valence-corrected chi connectivity index (χ0v) is 19.9. The van der Waals surface area contributed by atoms with E-state index in [0.717, 1.165) is 23.9 Å². The zero-order valence-electron chi connectivity index (χ0n) is 19.9. The van der Waals surface area contributed by atoms with Crippen molar-refractivity contribution < 1.29 is 14.3 Å². The first kappa shape index (κ1) is 23.2. The number of carbonyl (C=O) groups excluding carboxylic acids is 1. The summed E-state index contributed by atoms with van der Waals surface area (Å²) in [7, 11) is 1.68. The van der Waals surface area contributed by atoms with Crippen LogP contribution in [0.2, 0.25) is 0 Å². The fourth-order valence-corrected chi connectivity index (χ4v) is 4.44. The molecular weight excluding hydrogens is 418 g/mol. The molecule has 4 rings (SSSR count). The van der Waals surface area contributed by atoms with Crippen molar-refractivity contribution in [2.45, 2.75) is 51.2 Å². The summed E-state index contributed by atoms with van der Waals surface area (Å²) in [6.07, 6.45) is 10.2. The summed E-state index contributed by atoms with van der Waals surface area (Å²) in [6.45, 7) is 7.52. The number of allylic oxidation sites excluding steroid dienone is 2. The van der Waals surface area contributed by atoms with Crippen LogP contribution in [0.1, 0.15) is 45.7 Å². The highest BCUT2D eigenvalue weighted by molar-refractivity contribution is 5.84. The summed E-state index contributed by atoms with van der Waals surface area (Å²) >= 11 is 0. The zero-order chi connectivity index (χ0) is 23.6. The number of piperidine rings is 1. The number of amides is 1. The molecule has 1 atom stereocenters. The van der Waals surface area contributed by atoms with Gasteiger partial charge in [-0.05, 0) is 51.7 Å². The van der Waals surface area contributed by atoms with E-state index in [2.05, 4.69) is 11.2 Å². The molecular formula is C26H33N3O4. The highest BCUT2D eigenvalue weighted by atomic mass is 16.6. The number of hydrogen-bond donors (Lipinski definition) is 0. The minimum absolute atomic E-state index is 0.116. The Bertz CT molecular complexity index is 1140. The van der Waals surface area contributed by atoms with Gasteiger partial charge in [0.05, 0.1) is 12.0 Å². The van der Waals surface area contributed by atoms with Crippen LogP contribution in [0.3, 0.4) is 0 Å². The second kappa shape index (κ2) is 9.14. The maximum Gasteiger partial charge on any atom is 0.410 e. The number of aromatic nitrogens is 2. The fourth-order valence-electron chi connectivity index (χ4n) is 4.44. The van der Waals surface area contributed by atoms with Gasteiger partial charge in [0, 0.05) is 31.9 Å². The summed E-state index contributed by atoms with van der Waals surface area (Å²) in [4.78, 5) is 26.8. The Balaban J connectivity index is 1.51. The van der Waals surface area contributed by atoms with Crippen molar-refractivity contribution in [2.24, 2.45) is 13.0 Å². The molecule has 1 unspecified atom stereocenters. The lowest BCUT2D eigenvalue weighted by molar-refractivity contribution is -0.0439. The van der Waals surface area contributed by atoms with E-state index in [9.17, 15) is 9.59 Å². The molecule has 1 aliphatic carbocycles. The molecule has 0 saturated carbocycles. The Morgan fingerprint density at radius 2 is 1.85 bits per heavy atom. The van der Waals surface area contributed by atoms with E-state index in [0.29, 0.717) is 37.4 Å². The predicted octanol–water partition coefficient (Wildman–Crippen LogP) is 4.31. The second-order valence-corrected chi connectivity index (χ2v) is 9.93. The third kappa shape index (κ3) is 5.03. The quantitative estimate of drug-likeness (QED) is 0.693. The van der Waals surface area contributed by atoms with Crippen molar-refractivity contribution >= 4 is 16.9 Å². The average Bonchev–Trinajstić information content (AvgIpc) is 2.80. The number of hydrogen-bond acceptors (Lipinski definition) is 5. The summed E-state index contributed by atoms with van der Waals surface area (Å²) in [6, 6.07) is 7.58. The van der Waals surface area contributed by atoms with Gasteiger partial charge in [-0.25, -0.2) is 9.48 Å². The van der Waals surface area contributed by atoms with E-state index >= 15 is 0 Å². The lowest BCUT2D eigenvalue weighted by Crippen LogP contribution is -2.43. The lowest BCUT2D eigenvalue weighted by atomic mass is 9.88. The minimum Gasteiger partial charge on any atom is -0.444 e. The number of carbonyl (C=O) groups is 1. The van der Waals surface area contributed by atoms with Gasteiger partial charge in [0.1, 0.15) is 16.9 Å². The van der Waals surface area contributed by atoms with Gasteiger partial charge in [-0.15, -0.1) is 0 Å². The second-order valence-electron chi connectivity index (χ2n) is 9.93. The number of fused-ring (bicyclic) bond motifs is 1. The Labute approximate surface area is 194 Å². The van der Waals surface area contributed by atoms with Gasteiger partial charge in [-0.1, -0.05) is 36.4 Å². The van der Waals surface area contributed by atoms with Crippen molar-refractivity contribution in [1.82, 2.24) is 14.7 Å². The number of likely N-dealkylation sites (tertiary alicyclic amines) is 1. The molecule has 33 heavy (non-hydrogen) atoms. The first-order valence-electron chi connectivity index (χ1n) is 11.6. The van der Waals surface area contributed by atoms with Crippen LogP contribution >= 0.6 is 0 Å². The van der Waals surface area contributed by atoms with Crippen LogP contribution in [0.5, 0.6) is 0 Å². The Kier molecular flexibility index (Phi) is 6.43. The molecule has 2 heterocycles. The molecule has 0 N–H and O–H groups in total. The van der Waals surface area contributed by atoms with Crippen LogP contribution < -0.4 is 5.56 Å². The highest BCUT2D eigenvalue weighted by Crippen LogP contribution is 2.37. The topological polar surface area (TPSA) is 73.7 Å². The van der Waals surface area contributed by atoms with E-state index in [1.165, 1.54) is 4.68 Å². The lowest BCUT2D eigenvalue weighted by Gasteiger charge is -2.36. The normalized spacial score (nSPS) is 21.5. The molecule has 1 amide bonds. The van der Waals surface area contributed by atoms with Crippen LogP contribution in [0.25, 0.3) is 10.8 Å². The average molecular weight is 452 g/mol. The van der Waals surface area contributed by atoms with Crippen LogP contribution in [-0.4, -0.2) is 46.1 Å². The molecule has 0 bridgehead atoms. The van der Waals surface area contributed by atoms with Crippen LogP contribution in [-0.2, 0) is 22.1 Å². The van der Waals surface area contributed by atoms with E-state index in [1.807, 2.05) is 63.3 Å². The molecule has 2 aromatic rings. The van der Waals surface area contributed by atoms with E-state index in [-0.39, 0.29) is 11.7 Å². The maximum absolute atomic E-state index is 12.6. The molecule has 0 spiro atoms. The van der Waals surface area contributed by atoms with Gasteiger partial charge in [0.15, 0.2) is 0 Å². The van der Waals surface area contributed by atoms with Gasteiger partial charge in [-0.2, -0.15) is 5.10 Å². The SMILES string of the molecule is Cn1nc(C2(OCC3CCN(C(=O)OC(C)(C)C)CC3)C=CC=CC2)c2ccccc2c1=O. The predicted molar refractivity (Wildman–Crippen MR) is 128 cm³/mol. The van der Waals surface area contributed by atoms with Crippen LogP contribution in [0, 0.1) is 5.92 Å². The molecule has 7 heteroatoms. The highest BCUT2D eigenvalue weighted by Gasteiger charge is 2.36. The summed E-state index contributed by atoms with van der Waals surface area (Å²) in [5.41, 5.74) is -0.584. The molecule has 1 aliphatic heterocycles. The van der Waals surface area contributed by atoms with Gasteiger partial charge in [-0.3, -0.25) is 4.79 Å². The van der Waals surface area contributed by atoms with E-state index < -0.39 is 11.2 Å². The minimum atomic E-state index is -0.734. The number of ether oxygens (including phenoxy) is 2. The van der Waals surface area contributed by atoms with Gasteiger partial charge in [0.25, 0.3) is 5.56 Å². The van der Waals surface area contributed by atoms with Crippen molar-refractivity contribution in [3.05, 3.63) is 64.6 Å². The third-order valence-electron chi connectivity index (χ3n) is 6.23. The number of nitrogens with zero attached hydrogens (tertiary/aromatic N) is 3. The molecule has 7 nitrogen and oxygen atoms in total. The number of rotatable bonds is 4. The summed E-state index contributed by atoms with van der Waals surface area (Å²) in [5.74, 6) is 0.332. The Morgan fingerprint density at radius 1 is 1.15 bits per heavy atom. The molecule has 1 saturated heterocycles.